The highest BCUT2D eigenvalue weighted by Crippen LogP contribution is 2.20. The van der Waals surface area contributed by atoms with Gasteiger partial charge in [0.05, 0.1) is 6.10 Å². The van der Waals surface area contributed by atoms with Crippen LogP contribution in [0.5, 0.6) is 0 Å². The summed E-state index contributed by atoms with van der Waals surface area (Å²) in [5, 5.41) is 22.4. The first-order valence-electron chi connectivity index (χ1n) is 7.91. The fourth-order valence-electron chi connectivity index (χ4n) is 2.88. The van der Waals surface area contributed by atoms with E-state index in [2.05, 4.69) is 20.4 Å². The number of nitrogens with zero attached hydrogens (tertiary/aromatic N) is 3. The van der Waals surface area contributed by atoms with Gasteiger partial charge < -0.3 is 15.3 Å². The second-order valence-corrected chi connectivity index (χ2v) is 6.33. The van der Waals surface area contributed by atoms with E-state index in [1.54, 1.807) is 6.20 Å². The van der Waals surface area contributed by atoms with E-state index in [1.165, 1.54) is 0 Å². The molecule has 3 rings (SSSR count). The topological polar surface area (TPSA) is 61.3 Å². The first-order valence-corrected chi connectivity index (χ1v) is 8.28. The highest BCUT2D eigenvalue weighted by molar-refractivity contribution is 6.30. The Balaban J connectivity index is 1.46. The van der Waals surface area contributed by atoms with Gasteiger partial charge in [0, 0.05) is 36.9 Å². The van der Waals surface area contributed by atoms with Crippen LogP contribution in [0.15, 0.2) is 42.6 Å². The van der Waals surface area contributed by atoms with Gasteiger partial charge in [-0.05, 0) is 42.7 Å². The van der Waals surface area contributed by atoms with Gasteiger partial charge in [-0.3, -0.25) is 0 Å². The molecule has 1 saturated heterocycles. The quantitative estimate of drug-likeness (QED) is 0.881. The number of halogens is 1. The number of piperidine rings is 1. The van der Waals surface area contributed by atoms with Gasteiger partial charge in [0.15, 0.2) is 0 Å². The molecule has 0 bridgehead atoms. The smallest absolute Gasteiger partial charge is 0.148 e. The van der Waals surface area contributed by atoms with Gasteiger partial charge in [-0.25, -0.2) is 0 Å². The van der Waals surface area contributed by atoms with E-state index < -0.39 is 6.10 Å². The van der Waals surface area contributed by atoms with Gasteiger partial charge in [-0.1, -0.05) is 23.7 Å². The third-order valence-electron chi connectivity index (χ3n) is 4.20. The summed E-state index contributed by atoms with van der Waals surface area (Å²) in [6.07, 6.45) is 3.26. The molecule has 1 atom stereocenters. The first-order chi connectivity index (χ1) is 11.2. The van der Waals surface area contributed by atoms with Crippen molar-refractivity contribution in [1.82, 2.24) is 15.1 Å². The summed E-state index contributed by atoms with van der Waals surface area (Å²) in [7, 11) is 0. The lowest BCUT2D eigenvalue weighted by Crippen LogP contribution is -2.41. The lowest BCUT2D eigenvalue weighted by Gasteiger charge is -2.33. The molecular formula is C17H21ClN4O. The minimum atomic E-state index is -0.475. The van der Waals surface area contributed by atoms with Crippen molar-refractivity contribution in [3.05, 3.63) is 53.2 Å². The van der Waals surface area contributed by atoms with Crippen molar-refractivity contribution >= 4 is 17.4 Å². The van der Waals surface area contributed by atoms with Crippen LogP contribution in [0.25, 0.3) is 0 Å². The molecular weight excluding hydrogens is 312 g/mol. The third kappa shape index (κ3) is 4.64. The standard InChI is InChI=1S/C17H21ClN4O/c18-14-5-3-13(4-6-14)16(23)12-22-10-7-15(8-11-22)20-17-2-1-9-19-21-17/h1-6,9,15-16,23H,7-8,10-12H2,(H,20,21). The van der Waals surface area contributed by atoms with Crippen LogP contribution in [0.4, 0.5) is 5.82 Å². The molecule has 2 heterocycles. The average Bonchev–Trinajstić information content (AvgIpc) is 2.58. The molecule has 1 aliphatic rings. The van der Waals surface area contributed by atoms with E-state index in [4.69, 9.17) is 11.6 Å². The number of anilines is 1. The Morgan fingerprint density at radius 1 is 1.22 bits per heavy atom. The molecule has 0 aliphatic carbocycles. The van der Waals surface area contributed by atoms with E-state index >= 15 is 0 Å². The third-order valence-corrected chi connectivity index (χ3v) is 4.45. The molecule has 6 heteroatoms. The van der Waals surface area contributed by atoms with E-state index in [0.29, 0.717) is 17.6 Å². The van der Waals surface area contributed by atoms with E-state index in [9.17, 15) is 5.11 Å². The van der Waals surface area contributed by atoms with Gasteiger partial charge in [0.1, 0.15) is 5.82 Å². The molecule has 0 saturated carbocycles. The van der Waals surface area contributed by atoms with Crippen molar-refractivity contribution in [3.63, 3.8) is 0 Å². The Hall–Kier alpha value is -1.69. The molecule has 0 amide bonds. The number of aliphatic hydroxyl groups excluding tert-OH is 1. The molecule has 1 aliphatic heterocycles. The maximum Gasteiger partial charge on any atom is 0.148 e. The minimum absolute atomic E-state index is 0.413. The largest absolute Gasteiger partial charge is 0.387 e. The van der Waals surface area contributed by atoms with Crippen molar-refractivity contribution in [3.8, 4) is 0 Å². The number of nitrogens with one attached hydrogen (secondary N) is 1. The highest BCUT2D eigenvalue weighted by Gasteiger charge is 2.21. The summed E-state index contributed by atoms with van der Waals surface area (Å²) >= 11 is 5.88. The van der Waals surface area contributed by atoms with Gasteiger partial charge in [-0.15, -0.1) is 5.10 Å². The first kappa shape index (κ1) is 16.2. The molecule has 1 fully saturated rings. The van der Waals surface area contributed by atoms with E-state index in [1.807, 2.05) is 36.4 Å². The zero-order valence-corrected chi connectivity index (χ0v) is 13.7. The monoisotopic (exact) mass is 332 g/mol. The van der Waals surface area contributed by atoms with E-state index in [-0.39, 0.29) is 0 Å². The molecule has 2 N–H and O–H groups in total. The maximum absolute atomic E-state index is 10.3. The van der Waals surface area contributed by atoms with Crippen LogP contribution in [0, 0.1) is 0 Å². The Kier molecular flexibility index (Phi) is 5.43. The molecule has 122 valence electrons. The van der Waals surface area contributed by atoms with Crippen LogP contribution in [0.3, 0.4) is 0 Å². The number of benzene rings is 1. The van der Waals surface area contributed by atoms with Crippen LogP contribution in [0.1, 0.15) is 24.5 Å². The lowest BCUT2D eigenvalue weighted by atomic mass is 10.0. The Labute approximate surface area is 141 Å². The highest BCUT2D eigenvalue weighted by atomic mass is 35.5. The molecule has 1 aromatic heterocycles. The van der Waals surface area contributed by atoms with Gasteiger partial charge in [-0.2, -0.15) is 5.10 Å². The van der Waals surface area contributed by atoms with Crippen molar-refractivity contribution in [2.45, 2.75) is 25.0 Å². The maximum atomic E-state index is 10.3. The van der Waals surface area contributed by atoms with Crippen molar-refractivity contribution < 1.29 is 5.11 Å². The second-order valence-electron chi connectivity index (χ2n) is 5.90. The minimum Gasteiger partial charge on any atom is -0.387 e. The number of aromatic nitrogens is 2. The van der Waals surface area contributed by atoms with Gasteiger partial charge >= 0.3 is 0 Å². The summed E-state index contributed by atoms with van der Waals surface area (Å²) in [6, 6.07) is 11.6. The number of aliphatic hydroxyl groups is 1. The van der Waals surface area contributed by atoms with E-state index in [0.717, 1.165) is 37.3 Å². The molecule has 5 nitrogen and oxygen atoms in total. The second kappa shape index (κ2) is 7.73. The van der Waals surface area contributed by atoms with Crippen molar-refractivity contribution in [2.24, 2.45) is 0 Å². The average molecular weight is 333 g/mol. The Morgan fingerprint density at radius 3 is 2.61 bits per heavy atom. The van der Waals surface area contributed by atoms with Gasteiger partial charge in [0.2, 0.25) is 0 Å². The van der Waals surface area contributed by atoms with Crippen LogP contribution in [-0.4, -0.2) is 45.9 Å². The predicted molar refractivity (Wildman–Crippen MR) is 91.5 cm³/mol. The lowest BCUT2D eigenvalue weighted by molar-refractivity contribution is 0.0991. The molecule has 0 radical (unpaired) electrons. The molecule has 0 spiro atoms. The predicted octanol–water partition coefficient (Wildman–Crippen LogP) is 2.74. The van der Waals surface area contributed by atoms with Crippen molar-refractivity contribution in [2.75, 3.05) is 25.0 Å². The van der Waals surface area contributed by atoms with Crippen molar-refractivity contribution in [1.29, 1.82) is 0 Å². The SMILES string of the molecule is OC(CN1CCC(Nc2cccnn2)CC1)c1ccc(Cl)cc1. The molecule has 1 aromatic carbocycles. The summed E-state index contributed by atoms with van der Waals surface area (Å²) in [5.41, 5.74) is 0.911. The Bertz CT molecular complexity index is 600. The number of rotatable bonds is 5. The van der Waals surface area contributed by atoms with Crippen LogP contribution in [-0.2, 0) is 0 Å². The van der Waals surface area contributed by atoms with Crippen LogP contribution < -0.4 is 5.32 Å². The number of β-amino-alcohol motifs (C(OH)–C–C–N with tert-alkyl or cyclic N) is 1. The number of hydrogen-bond donors (Lipinski definition) is 2. The fourth-order valence-corrected chi connectivity index (χ4v) is 3.01. The van der Waals surface area contributed by atoms with Crippen LogP contribution in [0.2, 0.25) is 5.02 Å². The molecule has 2 aromatic rings. The summed E-state index contributed by atoms with van der Waals surface area (Å²) in [4.78, 5) is 2.30. The molecule has 23 heavy (non-hydrogen) atoms. The fraction of sp³-hybridized carbons (Fsp3) is 0.412. The zero-order chi connectivity index (χ0) is 16.1. The van der Waals surface area contributed by atoms with Crippen LogP contribution >= 0.6 is 11.6 Å². The number of likely N-dealkylation sites (tertiary alicyclic amines) is 1. The van der Waals surface area contributed by atoms with Gasteiger partial charge in [0.25, 0.3) is 0 Å². The molecule has 1 unspecified atom stereocenters. The summed E-state index contributed by atoms with van der Waals surface area (Å²) in [6.45, 7) is 2.57. The summed E-state index contributed by atoms with van der Waals surface area (Å²) < 4.78 is 0. The zero-order valence-electron chi connectivity index (χ0n) is 12.9. The normalized spacial score (nSPS) is 17.8. The summed E-state index contributed by atoms with van der Waals surface area (Å²) in [5.74, 6) is 0.826. The Morgan fingerprint density at radius 2 is 1.96 bits per heavy atom. The number of hydrogen-bond acceptors (Lipinski definition) is 5.